The van der Waals surface area contributed by atoms with Crippen LogP contribution in [0.2, 0.25) is 0 Å². The van der Waals surface area contributed by atoms with Crippen LogP contribution in [0, 0.1) is 6.92 Å². The van der Waals surface area contributed by atoms with Gasteiger partial charge in [0.05, 0.1) is 0 Å². The first kappa shape index (κ1) is 14.1. The van der Waals surface area contributed by atoms with Gasteiger partial charge >= 0.3 is 0 Å². The molecule has 0 bridgehead atoms. The molecule has 3 rings (SSSR count). The van der Waals surface area contributed by atoms with Crippen LogP contribution in [0.15, 0.2) is 66.7 Å². The van der Waals surface area contributed by atoms with Gasteiger partial charge < -0.3 is 10.6 Å². The molecule has 0 aliphatic carbocycles. The van der Waals surface area contributed by atoms with Crippen LogP contribution < -0.4 is 10.6 Å². The minimum absolute atomic E-state index is 0.599. The fraction of sp³-hybridized carbons (Fsp3) is 0.111. The molecule has 1 heterocycles. The lowest BCUT2D eigenvalue weighted by molar-refractivity contribution is 1.06. The Hall–Kier alpha value is -2.88. The van der Waals surface area contributed by atoms with Crippen molar-refractivity contribution < 1.29 is 0 Å². The Bertz CT molecular complexity index is 727. The Morgan fingerprint density at radius 3 is 2.27 bits per heavy atom. The van der Waals surface area contributed by atoms with Crippen LogP contribution in [0.5, 0.6) is 0 Å². The van der Waals surface area contributed by atoms with Crippen LogP contribution in [0.1, 0.15) is 11.3 Å². The zero-order valence-electron chi connectivity index (χ0n) is 12.5. The molecular formula is C18H18N4. The maximum atomic E-state index is 4.51. The van der Waals surface area contributed by atoms with Crippen LogP contribution in [0.3, 0.4) is 0 Å². The molecule has 0 fully saturated rings. The first-order chi connectivity index (χ1) is 10.8. The van der Waals surface area contributed by atoms with E-state index in [1.807, 2.05) is 61.5 Å². The third kappa shape index (κ3) is 3.82. The Kier molecular flexibility index (Phi) is 4.30. The van der Waals surface area contributed by atoms with Gasteiger partial charge in [0.1, 0.15) is 5.82 Å². The summed E-state index contributed by atoms with van der Waals surface area (Å²) in [5.41, 5.74) is 3.11. The van der Waals surface area contributed by atoms with Gasteiger partial charge in [-0.1, -0.05) is 48.5 Å². The first-order valence-corrected chi connectivity index (χ1v) is 7.25. The van der Waals surface area contributed by atoms with E-state index >= 15 is 0 Å². The Balaban J connectivity index is 1.72. The number of aromatic nitrogens is 2. The van der Waals surface area contributed by atoms with Crippen molar-refractivity contribution in [1.82, 2.24) is 9.97 Å². The van der Waals surface area contributed by atoms with Crippen molar-refractivity contribution in [1.29, 1.82) is 0 Å². The number of nitrogens with zero attached hydrogens (tertiary/aromatic N) is 2. The molecule has 0 amide bonds. The molecule has 2 N–H and O–H groups in total. The average molecular weight is 290 g/mol. The second-order valence-corrected chi connectivity index (χ2v) is 5.05. The number of para-hydroxylation sites is 1. The number of nitrogens with one attached hydrogen (secondary N) is 2. The van der Waals surface area contributed by atoms with Gasteiger partial charge in [-0.05, 0) is 24.6 Å². The van der Waals surface area contributed by atoms with Crippen LogP contribution >= 0.6 is 0 Å². The fourth-order valence-electron chi connectivity index (χ4n) is 2.15. The van der Waals surface area contributed by atoms with Crippen molar-refractivity contribution in [2.45, 2.75) is 13.5 Å². The van der Waals surface area contributed by atoms with Crippen molar-refractivity contribution in [3.05, 3.63) is 78.0 Å². The molecular weight excluding hydrogens is 272 g/mol. The largest absolute Gasteiger partial charge is 0.366 e. The fourth-order valence-corrected chi connectivity index (χ4v) is 2.15. The smallest absolute Gasteiger partial charge is 0.229 e. The summed E-state index contributed by atoms with van der Waals surface area (Å²) in [6.07, 6.45) is 0. The summed E-state index contributed by atoms with van der Waals surface area (Å²) >= 11 is 0. The molecule has 22 heavy (non-hydrogen) atoms. The summed E-state index contributed by atoms with van der Waals surface area (Å²) in [5, 5.41) is 6.56. The lowest BCUT2D eigenvalue weighted by Gasteiger charge is -2.10. The molecule has 0 spiro atoms. The molecule has 0 saturated heterocycles. The summed E-state index contributed by atoms with van der Waals surface area (Å²) in [4.78, 5) is 8.93. The van der Waals surface area contributed by atoms with Crippen LogP contribution in [0.4, 0.5) is 17.5 Å². The van der Waals surface area contributed by atoms with Gasteiger partial charge in [-0.3, -0.25) is 0 Å². The Morgan fingerprint density at radius 1 is 0.864 bits per heavy atom. The van der Waals surface area contributed by atoms with Gasteiger partial charge in [-0.25, -0.2) is 4.98 Å². The van der Waals surface area contributed by atoms with Crippen LogP contribution in [-0.2, 0) is 6.54 Å². The molecule has 4 heteroatoms. The molecule has 0 unspecified atom stereocenters. The van der Waals surface area contributed by atoms with Crippen LogP contribution in [0.25, 0.3) is 0 Å². The molecule has 110 valence electrons. The van der Waals surface area contributed by atoms with Crippen molar-refractivity contribution in [3.63, 3.8) is 0 Å². The third-order valence-electron chi connectivity index (χ3n) is 3.20. The van der Waals surface area contributed by atoms with Crippen molar-refractivity contribution in [2.24, 2.45) is 0 Å². The number of hydrogen-bond donors (Lipinski definition) is 2. The zero-order chi connectivity index (χ0) is 15.2. The Morgan fingerprint density at radius 2 is 1.55 bits per heavy atom. The van der Waals surface area contributed by atoms with E-state index in [0.717, 1.165) is 23.7 Å². The number of benzene rings is 2. The van der Waals surface area contributed by atoms with Crippen molar-refractivity contribution in [2.75, 3.05) is 10.6 Å². The predicted octanol–water partition coefficient (Wildman–Crippen LogP) is 4.14. The minimum Gasteiger partial charge on any atom is -0.366 e. The minimum atomic E-state index is 0.599. The van der Waals surface area contributed by atoms with Crippen molar-refractivity contribution >= 4 is 17.5 Å². The highest BCUT2D eigenvalue weighted by Gasteiger charge is 2.03. The van der Waals surface area contributed by atoms with Crippen LogP contribution in [-0.4, -0.2) is 9.97 Å². The quantitative estimate of drug-likeness (QED) is 0.741. The highest BCUT2D eigenvalue weighted by Crippen LogP contribution is 2.15. The molecule has 1 aromatic heterocycles. The van der Waals surface area contributed by atoms with E-state index in [-0.39, 0.29) is 0 Å². The summed E-state index contributed by atoms with van der Waals surface area (Å²) < 4.78 is 0. The molecule has 0 radical (unpaired) electrons. The van der Waals surface area contributed by atoms with E-state index in [4.69, 9.17) is 0 Å². The zero-order valence-corrected chi connectivity index (χ0v) is 12.5. The summed E-state index contributed by atoms with van der Waals surface area (Å²) in [5.74, 6) is 1.41. The highest BCUT2D eigenvalue weighted by molar-refractivity contribution is 5.55. The van der Waals surface area contributed by atoms with Gasteiger partial charge in [0.15, 0.2) is 0 Å². The van der Waals surface area contributed by atoms with Crippen molar-refractivity contribution in [3.8, 4) is 0 Å². The normalized spacial score (nSPS) is 10.2. The molecule has 0 saturated carbocycles. The summed E-state index contributed by atoms with van der Waals surface area (Å²) in [6.45, 7) is 2.70. The highest BCUT2D eigenvalue weighted by atomic mass is 15.1. The van der Waals surface area contributed by atoms with E-state index in [1.54, 1.807) is 0 Å². The topological polar surface area (TPSA) is 49.8 Å². The summed E-state index contributed by atoms with van der Waals surface area (Å²) in [6, 6.07) is 22.1. The number of rotatable bonds is 5. The standard InChI is InChI=1S/C18H18N4/c1-14-12-17(19-13-15-8-4-2-5-9-15)22-18(20-14)21-16-10-6-3-7-11-16/h2-12H,13H2,1H3,(H2,19,20,21,22). The molecule has 2 aromatic carbocycles. The van der Waals surface area contributed by atoms with Gasteiger partial charge in [0.25, 0.3) is 0 Å². The predicted molar refractivity (Wildman–Crippen MR) is 90.3 cm³/mol. The maximum absolute atomic E-state index is 4.51. The van der Waals surface area contributed by atoms with E-state index in [2.05, 4.69) is 32.7 Å². The third-order valence-corrected chi connectivity index (χ3v) is 3.20. The molecule has 0 aliphatic rings. The lowest BCUT2D eigenvalue weighted by atomic mass is 10.2. The van der Waals surface area contributed by atoms with Gasteiger partial charge in [-0.15, -0.1) is 0 Å². The molecule has 0 aliphatic heterocycles. The lowest BCUT2D eigenvalue weighted by Crippen LogP contribution is -2.05. The molecule has 0 atom stereocenters. The Labute approximate surface area is 130 Å². The van der Waals surface area contributed by atoms with E-state index in [0.29, 0.717) is 5.95 Å². The average Bonchev–Trinajstić information content (AvgIpc) is 2.54. The molecule has 4 nitrogen and oxygen atoms in total. The van der Waals surface area contributed by atoms with Gasteiger partial charge in [-0.2, -0.15) is 4.98 Å². The second-order valence-electron chi connectivity index (χ2n) is 5.05. The summed E-state index contributed by atoms with van der Waals surface area (Å²) in [7, 11) is 0. The van der Waals surface area contributed by atoms with Gasteiger partial charge in [0, 0.05) is 24.0 Å². The number of aryl methyl sites for hydroxylation is 1. The SMILES string of the molecule is Cc1cc(NCc2ccccc2)nc(Nc2ccccc2)n1. The monoisotopic (exact) mass is 290 g/mol. The second kappa shape index (κ2) is 6.72. The van der Waals surface area contributed by atoms with E-state index < -0.39 is 0 Å². The van der Waals surface area contributed by atoms with E-state index in [1.165, 1.54) is 5.56 Å². The van der Waals surface area contributed by atoms with E-state index in [9.17, 15) is 0 Å². The molecule has 3 aromatic rings. The number of anilines is 3. The first-order valence-electron chi connectivity index (χ1n) is 7.25. The van der Waals surface area contributed by atoms with Gasteiger partial charge in [0.2, 0.25) is 5.95 Å². The number of hydrogen-bond acceptors (Lipinski definition) is 4. The maximum Gasteiger partial charge on any atom is 0.229 e.